The number of carboxylic acid groups (broad SMARTS) is 1. The summed E-state index contributed by atoms with van der Waals surface area (Å²) in [4.78, 5) is 16.5. The van der Waals surface area contributed by atoms with Gasteiger partial charge < -0.3 is 9.84 Å². The Hall–Kier alpha value is -3.14. The number of pyridine rings is 1. The zero-order valence-corrected chi connectivity index (χ0v) is 18.0. The third-order valence-electron chi connectivity index (χ3n) is 6.05. The number of aromatic nitrogens is 1. The molecule has 154 valence electrons. The number of nitrogens with zero attached hydrogens (tertiary/aromatic N) is 1. The summed E-state index contributed by atoms with van der Waals surface area (Å²) >= 11 is 0. The number of aliphatic carboxylic acids is 1. The van der Waals surface area contributed by atoms with Gasteiger partial charge in [-0.2, -0.15) is 0 Å². The molecule has 0 saturated heterocycles. The van der Waals surface area contributed by atoms with E-state index in [9.17, 15) is 9.90 Å². The summed E-state index contributed by atoms with van der Waals surface area (Å²) in [6.45, 7) is 8.91. The summed E-state index contributed by atoms with van der Waals surface area (Å²) in [5.74, 6) is 0.0865. The van der Waals surface area contributed by atoms with Crippen LogP contribution in [0.4, 0.5) is 0 Å². The fourth-order valence-electron chi connectivity index (χ4n) is 4.29. The maximum absolute atomic E-state index is 11.6. The molecule has 1 N–H and O–H groups in total. The van der Waals surface area contributed by atoms with Crippen LogP contribution in [0, 0.1) is 27.7 Å². The Morgan fingerprint density at radius 2 is 1.80 bits per heavy atom. The average Bonchev–Trinajstić information content (AvgIpc) is 2.72. The van der Waals surface area contributed by atoms with Crippen LogP contribution in [0.25, 0.3) is 22.4 Å². The molecule has 4 nitrogen and oxygen atoms in total. The lowest BCUT2D eigenvalue weighted by Gasteiger charge is -2.21. The van der Waals surface area contributed by atoms with Crippen molar-refractivity contribution >= 4 is 5.97 Å². The van der Waals surface area contributed by atoms with Crippen molar-refractivity contribution in [2.45, 2.75) is 47.0 Å². The molecule has 4 rings (SSSR count). The van der Waals surface area contributed by atoms with Gasteiger partial charge in [0.1, 0.15) is 5.75 Å². The first-order chi connectivity index (χ1) is 14.3. The highest BCUT2D eigenvalue weighted by Gasteiger charge is 2.21. The van der Waals surface area contributed by atoms with Crippen molar-refractivity contribution in [3.05, 3.63) is 69.9 Å². The second kappa shape index (κ2) is 7.94. The molecule has 4 heteroatoms. The molecule has 0 amide bonds. The number of rotatable bonds is 4. The van der Waals surface area contributed by atoms with E-state index in [0.717, 1.165) is 64.4 Å². The minimum atomic E-state index is -0.847. The fraction of sp³-hybridized carbons (Fsp3) is 0.308. The second-order valence-electron chi connectivity index (χ2n) is 8.17. The number of hydrogen-bond donors (Lipinski definition) is 1. The largest absolute Gasteiger partial charge is 0.493 e. The fourth-order valence-corrected chi connectivity index (χ4v) is 4.29. The molecule has 1 aromatic heterocycles. The van der Waals surface area contributed by atoms with Gasteiger partial charge in [-0.15, -0.1) is 0 Å². The number of carbonyl (C=O) groups is 1. The monoisotopic (exact) mass is 401 g/mol. The first kappa shape index (κ1) is 20.1. The first-order valence-corrected chi connectivity index (χ1v) is 10.4. The van der Waals surface area contributed by atoms with E-state index < -0.39 is 5.97 Å². The van der Waals surface area contributed by atoms with Gasteiger partial charge in [-0.25, -0.2) is 0 Å². The van der Waals surface area contributed by atoms with Crippen molar-refractivity contribution in [3.8, 4) is 28.1 Å². The Morgan fingerprint density at radius 3 is 2.53 bits per heavy atom. The van der Waals surface area contributed by atoms with E-state index in [1.165, 1.54) is 16.7 Å². The molecule has 0 aliphatic carbocycles. The van der Waals surface area contributed by atoms with Crippen molar-refractivity contribution in [1.82, 2.24) is 4.98 Å². The Labute approximate surface area is 177 Å². The average molecular weight is 402 g/mol. The van der Waals surface area contributed by atoms with Gasteiger partial charge in [0.25, 0.3) is 0 Å². The molecule has 0 bridgehead atoms. The van der Waals surface area contributed by atoms with Gasteiger partial charge in [-0.05, 0) is 97.7 Å². The summed E-state index contributed by atoms with van der Waals surface area (Å²) in [6.07, 6.45) is 1.93. The lowest BCUT2D eigenvalue weighted by Crippen LogP contribution is -2.10. The van der Waals surface area contributed by atoms with Crippen LogP contribution in [0.3, 0.4) is 0 Å². The normalized spacial score (nSPS) is 12.9. The molecule has 0 fully saturated rings. The predicted molar refractivity (Wildman–Crippen MR) is 119 cm³/mol. The molecule has 0 saturated carbocycles. The Balaban J connectivity index is 1.95. The van der Waals surface area contributed by atoms with Gasteiger partial charge >= 0.3 is 5.97 Å². The lowest BCUT2D eigenvalue weighted by molar-refractivity contribution is -0.136. The maximum atomic E-state index is 11.6. The van der Waals surface area contributed by atoms with Crippen molar-refractivity contribution < 1.29 is 14.6 Å². The SMILES string of the molecule is Cc1ccc(-c2nc(C)c(CC(=O)O)c(-c3ccc4c(c3)CCCO4)c2C)cc1C. The molecule has 3 aromatic rings. The van der Waals surface area contributed by atoms with Crippen LogP contribution in [0.2, 0.25) is 0 Å². The number of carboxylic acids is 1. The zero-order valence-electron chi connectivity index (χ0n) is 18.0. The van der Waals surface area contributed by atoms with E-state index in [4.69, 9.17) is 9.72 Å². The molecule has 2 heterocycles. The van der Waals surface area contributed by atoms with E-state index in [1.807, 2.05) is 26.0 Å². The lowest BCUT2D eigenvalue weighted by atomic mass is 9.88. The summed E-state index contributed by atoms with van der Waals surface area (Å²) < 4.78 is 5.77. The van der Waals surface area contributed by atoms with Gasteiger partial charge in [0.2, 0.25) is 0 Å². The van der Waals surface area contributed by atoms with E-state index in [1.54, 1.807) is 0 Å². The Bertz CT molecular complexity index is 1150. The zero-order chi connectivity index (χ0) is 21.4. The van der Waals surface area contributed by atoms with Gasteiger partial charge in [0.15, 0.2) is 0 Å². The van der Waals surface area contributed by atoms with Gasteiger partial charge in [-0.1, -0.05) is 18.2 Å². The predicted octanol–water partition coefficient (Wildman–Crippen LogP) is 5.60. The van der Waals surface area contributed by atoms with Crippen molar-refractivity contribution in [3.63, 3.8) is 0 Å². The molecular formula is C26H27NO3. The topological polar surface area (TPSA) is 59.4 Å². The third kappa shape index (κ3) is 3.70. The molecule has 1 aliphatic rings. The molecule has 0 spiro atoms. The van der Waals surface area contributed by atoms with Crippen LogP contribution in [-0.4, -0.2) is 22.7 Å². The summed E-state index contributed by atoms with van der Waals surface area (Å²) in [5.41, 5.74) is 10.2. The highest BCUT2D eigenvalue weighted by molar-refractivity contribution is 5.83. The number of aryl methyl sites for hydroxylation is 4. The molecule has 2 aromatic carbocycles. The summed E-state index contributed by atoms with van der Waals surface area (Å²) in [6, 6.07) is 12.6. The van der Waals surface area contributed by atoms with E-state index in [0.29, 0.717) is 0 Å². The minimum absolute atomic E-state index is 0.0458. The van der Waals surface area contributed by atoms with E-state index in [2.05, 4.69) is 38.1 Å². The van der Waals surface area contributed by atoms with Crippen molar-refractivity contribution in [2.24, 2.45) is 0 Å². The van der Waals surface area contributed by atoms with E-state index >= 15 is 0 Å². The minimum Gasteiger partial charge on any atom is -0.493 e. The van der Waals surface area contributed by atoms with Crippen molar-refractivity contribution in [2.75, 3.05) is 6.61 Å². The van der Waals surface area contributed by atoms with Crippen LogP contribution in [0.5, 0.6) is 5.75 Å². The quantitative estimate of drug-likeness (QED) is 0.618. The highest BCUT2D eigenvalue weighted by Crippen LogP contribution is 2.38. The number of benzene rings is 2. The Kier molecular flexibility index (Phi) is 5.33. The number of fused-ring (bicyclic) bond motifs is 1. The summed E-state index contributed by atoms with van der Waals surface area (Å²) in [5, 5.41) is 9.55. The maximum Gasteiger partial charge on any atom is 0.307 e. The Morgan fingerprint density at radius 1 is 1.03 bits per heavy atom. The van der Waals surface area contributed by atoms with E-state index in [-0.39, 0.29) is 6.42 Å². The first-order valence-electron chi connectivity index (χ1n) is 10.4. The van der Waals surface area contributed by atoms with Gasteiger partial charge in [0, 0.05) is 11.3 Å². The molecule has 0 atom stereocenters. The van der Waals surface area contributed by atoms with Gasteiger partial charge in [0.05, 0.1) is 18.7 Å². The number of ether oxygens (including phenoxy) is 1. The second-order valence-corrected chi connectivity index (χ2v) is 8.17. The highest BCUT2D eigenvalue weighted by atomic mass is 16.5. The molecule has 30 heavy (non-hydrogen) atoms. The van der Waals surface area contributed by atoms with Gasteiger partial charge in [-0.3, -0.25) is 9.78 Å². The summed E-state index contributed by atoms with van der Waals surface area (Å²) in [7, 11) is 0. The molecule has 0 unspecified atom stereocenters. The van der Waals surface area contributed by atoms with Crippen LogP contribution in [0.1, 0.15) is 39.9 Å². The third-order valence-corrected chi connectivity index (χ3v) is 6.05. The molecule has 1 aliphatic heterocycles. The van der Waals surface area contributed by atoms with Crippen LogP contribution < -0.4 is 4.74 Å². The number of hydrogen-bond acceptors (Lipinski definition) is 3. The van der Waals surface area contributed by atoms with Crippen LogP contribution in [-0.2, 0) is 17.6 Å². The van der Waals surface area contributed by atoms with Crippen LogP contribution in [0.15, 0.2) is 36.4 Å². The van der Waals surface area contributed by atoms with Crippen molar-refractivity contribution in [1.29, 1.82) is 0 Å². The molecular weight excluding hydrogens is 374 g/mol. The molecule has 0 radical (unpaired) electrons. The van der Waals surface area contributed by atoms with Crippen LogP contribution >= 0.6 is 0 Å². The smallest absolute Gasteiger partial charge is 0.307 e. The standard InChI is InChI=1S/C26H27NO3/c1-15-7-8-21(12-16(15)2)26-17(3)25(22(14-24(28)29)18(4)27-26)20-9-10-23-19(13-20)6-5-11-30-23/h7-10,12-13H,5-6,11,14H2,1-4H3,(H,28,29).